The van der Waals surface area contributed by atoms with Crippen LogP contribution in [0.25, 0.3) is 0 Å². The number of aliphatic hydroxyl groups excluding tert-OH is 1. The fraction of sp³-hybridized carbons (Fsp3) is 0.312. The van der Waals surface area contributed by atoms with E-state index in [-0.39, 0.29) is 0 Å². The lowest BCUT2D eigenvalue weighted by Crippen LogP contribution is -2.21. The molecule has 2 N–H and O–H groups in total. The lowest BCUT2D eigenvalue weighted by molar-refractivity contribution is 0.174. The molecule has 1 atom stereocenters. The normalized spacial score (nSPS) is 12.2. The Hall–Kier alpha value is -1.51. The highest BCUT2D eigenvalue weighted by atomic mass is 35.5. The first-order valence-corrected chi connectivity index (χ1v) is 7.59. The second-order valence-corrected chi connectivity index (χ2v) is 5.91. The fourth-order valence-electron chi connectivity index (χ4n) is 2.32. The molecule has 6 heteroatoms. The molecule has 22 heavy (non-hydrogen) atoms. The molecule has 1 aromatic heterocycles. The van der Waals surface area contributed by atoms with E-state index in [4.69, 9.17) is 28.5 Å². The molecular formula is C16H17Cl2N3O. The van der Waals surface area contributed by atoms with E-state index >= 15 is 0 Å². The van der Waals surface area contributed by atoms with Gasteiger partial charge in [0.25, 0.3) is 0 Å². The van der Waals surface area contributed by atoms with Gasteiger partial charge in [-0.3, -0.25) is 0 Å². The van der Waals surface area contributed by atoms with E-state index in [1.807, 2.05) is 24.6 Å². The maximum Gasteiger partial charge on any atom is 0.120 e. The van der Waals surface area contributed by atoms with Crippen molar-refractivity contribution in [2.75, 3.05) is 6.54 Å². The third kappa shape index (κ3) is 3.45. The van der Waals surface area contributed by atoms with Crippen LogP contribution in [0.4, 0.5) is 0 Å². The number of benzene rings is 1. The molecule has 2 rings (SSSR count). The summed E-state index contributed by atoms with van der Waals surface area (Å²) in [5.41, 5.74) is 3.19. The molecule has 0 fully saturated rings. The van der Waals surface area contributed by atoms with Crippen molar-refractivity contribution in [2.45, 2.75) is 19.6 Å². The van der Waals surface area contributed by atoms with E-state index in [1.54, 1.807) is 18.2 Å². The molecule has 0 saturated carbocycles. The van der Waals surface area contributed by atoms with Gasteiger partial charge in [0.2, 0.25) is 0 Å². The van der Waals surface area contributed by atoms with Crippen molar-refractivity contribution >= 4 is 23.2 Å². The fourth-order valence-corrected chi connectivity index (χ4v) is 2.97. The minimum absolute atomic E-state index is 0.319. The summed E-state index contributed by atoms with van der Waals surface area (Å²) < 4.78 is 1.85. The number of hydrogen-bond acceptors (Lipinski definition) is 3. The molecule has 1 aromatic carbocycles. The summed E-state index contributed by atoms with van der Waals surface area (Å²) in [7, 11) is 1.86. The van der Waals surface area contributed by atoms with Crippen LogP contribution in [0.1, 0.15) is 28.6 Å². The first kappa shape index (κ1) is 16.9. The number of nitrogens with zero attached hydrogens (tertiary/aromatic N) is 2. The van der Waals surface area contributed by atoms with Gasteiger partial charge in [0, 0.05) is 41.4 Å². The van der Waals surface area contributed by atoms with Crippen molar-refractivity contribution in [2.24, 2.45) is 7.05 Å². The molecule has 0 aliphatic carbocycles. The monoisotopic (exact) mass is 337 g/mol. The standard InChI is InChI=1S/C16H17Cl2N3O/c1-10-11(6-12(7-19)21(10)2)8-20-9-15(22)16-13(17)4-3-5-14(16)18/h3-6,15,20,22H,8-9H2,1-2H3. The number of aliphatic hydroxyl groups is 1. The predicted octanol–water partition coefficient (Wildman–Crippen LogP) is 3.34. The smallest absolute Gasteiger partial charge is 0.120 e. The Kier molecular flexibility index (Phi) is 5.49. The average Bonchev–Trinajstić information content (AvgIpc) is 2.75. The minimum Gasteiger partial charge on any atom is -0.387 e. The molecule has 0 saturated heterocycles. The van der Waals surface area contributed by atoms with Crippen LogP contribution in [0.2, 0.25) is 10.0 Å². The zero-order valence-corrected chi connectivity index (χ0v) is 13.9. The maximum atomic E-state index is 10.2. The van der Waals surface area contributed by atoms with E-state index in [0.717, 1.165) is 11.3 Å². The topological polar surface area (TPSA) is 61.0 Å². The van der Waals surface area contributed by atoms with E-state index < -0.39 is 6.10 Å². The van der Waals surface area contributed by atoms with Gasteiger partial charge in [-0.05, 0) is 30.7 Å². The number of rotatable bonds is 5. The summed E-state index contributed by atoms with van der Waals surface area (Å²) in [6.07, 6.45) is -0.791. The van der Waals surface area contributed by atoms with Crippen molar-refractivity contribution in [3.05, 3.63) is 56.8 Å². The van der Waals surface area contributed by atoms with Gasteiger partial charge in [-0.2, -0.15) is 5.26 Å². The van der Waals surface area contributed by atoms with Gasteiger partial charge in [0.05, 0.1) is 6.10 Å². The molecule has 2 aromatic rings. The van der Waals surface area contributed by atoms with Gasteiger partial charge in [0.15, 0.2) is 0 Å². The lowest BCUT2D eigenvalue weighted by Gasteiger charge is -2.15. The van der Waals surface area contributed by atoms with Crippen molar-refractivity contribution in [3.8, 4) is 6.07 Å². The van der Waals surface area contributed by atoms with Crippen LogP contribution < -0.4 is 5.32 Å². The summed E-state index contributed by atoms with van der Waals surface area (Å²) in [4.78, 5) is 0. The zero-order valence-electron chi connectivity index (χ0n) is 12.4. The Bertz CT molecular complexity index is 699. The summed E-state index contributed by atoms with van der Waals surface area (Å²) in [6.45, 7) is 2.83. The third-order valence-electron chi connectivity index (χ3n) is 3.74. The molecular weight excluding hydrogens is 321 g/mol. The largest absolute Gasteiger partial charge is 0.387 e. The molecule has 0 bridgehead atoms. The van der Waals surface area contributed by atoms with Crippen molar-refractivity contribution in [3.63, 3.8) is 0 Å². The van der Waals surface area contributed by atoms with Crippen LogP contribution in [0.3, 0.4) is 0 Å². The van der Waals surface area contributed by atoms with Crippen LogP contribution in [0.15, 0.2) is 24.3 Å². The van der Waals surface area contributed by atoms with Crippen molar-refractivity contribution < 1.29 is 5.11 Å². The van der Waals surface area contributed by atoms with Crippen LogP contribution in [-0.4, -0.2) is 16.2 Å². The van der Waals surface area contributed by atoms with E-state index in [1.165, 1.54) is 0 Å². The summed E-state index contributed by atoms with van der Waals surface area (Å²) >= 11 is 12.2. The quantitative estimate of drug-likeness (QED) is 0.879. The molecule has 1 unspecified atom stereocenters. The molecule has 116 valence electrons. The van der Waals surface area contributed by atoms with Gasteiger partial charge in [-0.15, -0.1) is 0 Å². The molecule has 0 amide bonds. The second-order valence-electron chi connectivity index (χ2n) is 5.09. The first-order chi connectivity index (χ1) is 10.5. The van der Waals surface area contributed by atoms with E-state index in [0.29, 0.717) is 34.4 Å². The summed E-state index contributed by atoms with van der Waals surface area (Å²) in [6, 6.07) is 9.13. The number of nitriles is 1. The van der Waals surface area contributed by atoms with Gasteiger partial charge in [0.1, 0.15) is 11.8 Å². The highest BCUT2D eigenvalue weighted by Crippen LogP contribution is 2.29. The molecule has 1 heterocycles. The van der Waals surface area contributed by atoms with Crippen LogP contribution in [0, 0.1) is 18.3 Å². The van der Waals surface area contributed by atoms with Crippen LogP contribution in [0.5, 0.6) is 0 Å². The minimum atomic E-state index is -0.791. The molecule has 0 spiro atoms. The van der Waals surface area contributed by atoms with Crippen molar-refractivity contribution in [1.82, 2.24) is 9.88 Å². The van der Waals surface area contributed by atoms with Crippen LogP contribution in [-0.2, 0) is 13.6 Å². The van der Waals surface area contributed by atoms with Gasteiger partial charge >= 0.3 is 0 Å². The predicted molar refractivity (Wildman–Crippen MR) is 88.0 cm³/mol. The van der Waals surface area contributed by atoms with Crippen molar-refractivity contribution in [1.29, 1.82) is 5.26 Å². The number of hydrogen-bond donors (Lipinski definition) is 2. The van der Waals surface area contributed by atoms with Gasteiger partial charge in [-0.25, -0.2) is 0 Å². The molecule has 0 aliphatic heterocycles. The number of nitrogens with one attached hydrogen (secondary N) is 1. The maximum absolute atomic E-state index is 10.2. The number of halogens is 2. The summed E-state index contributed by atoms with van der Waals surface area (Å²) in [5.74, 6) is 0. The average molecular weight is 338 g/mol. The Balaban J connectivity index is 2.01. The molecule has 0 aliphatic rings. The second kappa shape index (κ2) is 7.17. The molecule has 0 radical (unpaired) electrons. The van der Waals surface area contributed by atoms with E-state index in [2.05, 4.69) is 11.4 Å². The Morgan fingerprint density at radius 2 is 2.00 bits per heavy atom. The lowest BCUT2D eigenvalue weighted by atomic mass is 10.1. The SMILES string of the molecule is Cc1c(CNCC(O)c2c(Cl)cccc2Cl)cc(C#N)n1C. The van der Waals surface area contributed by atoms with Gasteiger partial charge < -0.3 is 15.0 Å². The Labute approximate surface area is 139 Å². The zero-order chi connectivity index (χ0) is 16.3. The Morgan fingerprint density at radius 3 is 2.55 bits per heavy atom. The highest BCUT2D eigenvalue weighted by molar-refractivity contribution is 6.36. The van der Waals surface area contributed by atoms with E-state index in [9.17, 15) is 5.11 Å². The first-order valence-electron chi connectivity index (χ1n) is 6.83. The molecule has 4 nitrogen and oxygen atoms in total. The third-order valence-corrected chi connectivity index (χ3v) is 4.40. The van der Waals surface area contributed by atoms with Gasteiger partial charge in [-0.1, -0.05) is 29.3 Å². The Morgan fingerprint density at radius 1 is 1.36 bits per heavy atom. The number of aromatic nitrogens is 1. The highest BCUT2D eigenvalue weighted by Gasteiger charge is 2.15. The van der Waals surface area contributed by atoms with Crippen LogP contribution >= 0.6 is 23.2 Å². The summed E-state index contributed by atoms with van der Waals surface area (Å²) in [5, 5.41) is 23.3.